The van der Waals surface area contributed by atoms with Gasteiger partial charge in [0.05, 0.1) is 0 Å². The molecule has 128 valence electrons. The lowest BCUT2D eigenvalue weighted by atomic mass is 9.88. The first-order valence-corrected chi connectivity index (χ1v) is 8.87. The minimum Gasteiger partial charge on any atom is -0.337 e. The second-order valence-electron chi connectivity index (χ2n) is 6.81. The van der Waals surface area contributed by atoms with Crippen molar-refractivity contribution in [2.24, 2.45) is 5.11 Å². The van der Waals surface area contributed by atoms with Crippen molar-refractivity contribution in [3.05, 3.63) is 40.3 Å². The van der Waals surface area contributed by atoms with Crippen LogP contribution < -0.4 is 0 Å². The van der Waals surface area contributed by atoms with Crippen LogP contribution in [0.3, 0.4) is 0 Å². The Labute approximate surface area is 143 Å². The molecule has 0 spiro atoms. The lowest BCUT2D eigenvalue weighted by Crippen LogP contribution is -2.53. The number of amides is 1. The first kappa shape index (κ1) is 16.8. The standard InChI is InChI=1S/C18H25N5O/c1-22(18(24)14-8-10-15(11-9-14)20-21-19)16-6-2-3-7-17(16)23-12-4-5-13-23/h8-11,16-17H,2-7,12-13H2,1H3. The molecule has 2 fully saturated rings. The fourth-order valence-electron chi connectivity index (χ4n) is 4.12. The summed E-state index contributed by atoms with van der Waals surface area (Å²) in [6.45, 7) is 2.34. The Morgan fingerprint density at radius 1 is 1.17 bits per heavy atom. The Bertz CT molecular complexity index is 617. The number of benzene rings is 1. The summed E-state index contributed by atoms with van der Waals surface area (Å²) < 4.78 is 0. The monoisotopic (exact) mass is 327 g/mol. The molecule has 6 heteroatoms. The number of likely N-dealkylation sites (tertiary alicyclic amines) is 1. The van der Waals surface area contributed by atoms with Crippen molar-refractivity contribution in [3.63, 3.8) is 0 Å². The molecule has 1 aromatic carbocycles. The molecule has 0 radical (unpaired) electrons. The number of rotatable bonds is 4. The molecule has 3 rings (SSSR count). The van der Waals surface area contributed by atoms with E-state index in [-0.39, 0.29) is 5.91 Å². The smallest absolute Gasteiger partial charge is 0.253 e. The number of carbonyl (C=O) groups excluding carboxylic acids is 1. The maximum absolute atomic E-state index is 12.9. The van der Waals surface area contributed by atoms with Crippen LogP contribution in [0.5, 0.6) is 0 Å². The van der Waals surface area contributed by atoms with Crippen molar-refractivity contribution >= 4 is 11.6 Å². The van der Waals surface area contributed by atoms with Gasteiger partial charge in [0.25, 0.3) is 5.91 Å². The molecule has 1 aliphatic heterocycles. The number of hydrogen-bond donors (Lipinski definition) is 0. The molecule has 1 amide bonds. The number of carbonyl (C=O) groups is 1. The summed E-state index contributed by atoms with van der Waals surface area (Å²) in [4.78, 5) is 20.2. The summed E-state index contributed by atoms with van der Waals surface area (Å²) in [5.74, 6) is 0.0542. The van der Waals surface area contributed by atoms with Gasteiger partial charge in [0, 0.05) is 35.3 Å². The quantitative estimate of drug-likeness (QED) is 0.474. The Kier molecular flexibility index (Phi) is 5.38. The zero-order chi connectivity index (χ0) is 16.9. The van der Waals surface area contributed by atoms with Gasteiger partial charge >= 0.3 is 0 Å². The zero-order valence-corrected chi connectivity index (χ0v) is 14.3. The van der Waals surface area contributed by atoms with E-state index < -0.39 is 0 Å². The van der Waals surface area contributed by atoms with Crippen LogP contribution in [0.15, 0.2) is 29.4 Å². The molecular formula is C18H25N5O. The van der Waals surface area contributed by atoms with Crippen molar-refractivity contribution in [1.82, 2.24) is 9.80 Å². The van der Waals surface area contributed by atoms with Crippen molar-refractivity contribution in [1.29, 1.82) is 0 Å². The van der Waals surface area contributed by atoms with Gasteiger partial charge in [0.1, 0.15) is 0 Å². The molecule has 1 saturated carbocycles. The highest BCUT2D eigenvalue weighted by Gasteiger charge is 2.35. The first-order chi connectivity index (χ1) is 11.7. The summed E-state index contributed by atoms with van der Waals surface area (Å²) in [5, 5.41) is 3.56. The normalized spacial score (nSPS) is 24.4. The largest absolute Gasteiger partial charge is 0.337 e. The van der Waals surface area contributed by atoms with E-state index in [2.05, 4.69) is 14.9 Å². The predicted octanol–water partition coefficient (Wildman–Crippen LogP) is 4.11. The molecule has 2 aliphatic rings. The molecule has 1 aromatic rings. The molecule has 24 heavy (non-hydrogen) atoms. The minimum absolute atomic E-state index is 0.0542. The van der Waals surface area contributed by atoms with E-state index in [0.717, 1.165) is 6.42 Å². The van der Waals surface area contributed by atoms with Crippen LogP contribution in [-0.4, -0.2) is 47.9 Å². The third-order valence-electron chi connectivity index (χ3n) is 5.40. The predicted molar refractivity (Wildman–Crippen MR) is 94.2 cm³/mol. The van der Waals surface area contributed by atoms with Gasteiger partial charge in [0.2, 0.25) is 0 Å². The average molecular weight is 327 g/mol. The van der Waals surface area contributed by atoms with Gasteiger partial charge in [-0.15, -0.1) is 0 Å². The van der Waals surface area contributed by atoms with Crippen LogP contribution in [0.2, 0.25) is 0 Å². The van der Waals surface area contributed by atoms with Crippen molar-refractivity contribution < 1.29 is 4.79 Å². The van der Waals surface area contributed by atoms with Crippen molar-refractivity contribution in [3.8, 4) is 0 Å². The van der Waals surface area contributed by atoms with Crippen LogP contribution >= 0.6 is 0 Å². The first-order valence-electron chi connectivity index (χ1n) is 8.87. The molecule has 2 atom stereocenters. The summed E-state index contributed by atoms with van der Waals surface area (Å²) >= 11 is 0. The van der Waals surface area contributed by atoms with E-state index in [0.29, 0.717) is 23.3 Å². The molecule has 1 saturated heterocycles. The molecular weight excluding hydrogens is 302 g/mol. The minimum atomic E-state index is 0.0542. The fourth-order valence-corrected chi connectivity index (χ4v) is 4.12. The molecule has 0 bridgehead atoms. The Morgan fingerprint density at radius 2 is 1.83 bits per heavy atom. The molecule has 6 nitrogen and oxygen atoms in total. The maximum atomic E-state index is 12.9. The SMILES string of the molecule is CN(C(=O)c1ccc(N=[N+]=[N-])cc1)C1CCCCC1N1CCCC1. The highest BCUT2D eigenvalue weighted by atomic mass is 16.2. The van der Waals surface area contributed by atoms with Gasteiger partial charge in [-0.1, -0.05) is 30.1 Å². The fraction of sp³-hybridized carbons (Fsp3) is 0.611. The van der Waals surface area contributed by atoms with Crippen LogP contribution in [0.4, 0.5) is 5.69 Å². The van der Waals surface area contributed by atoms with Gasteiger partial charge in [0.15, 0.2) is 0 Å². The summed E-state index contributed by atoms with van der Waals surface area (Å²) in [7, 11) is 1.93. The van der Waals surface area contributed by atoms with Gasteiger partial charge in [-0.25, -0.2) is 0 Å². The average Bonchev–Trinajstić information content (AvgIpc) is 3.16. The van der Waals surface area contributed by atoms with Crippen LogP contribution in [0.1, 0.15) is 48.9 Å². The van der Waals surface area contributed by atoms with Crippen LogP contribution in [0, 0.1) is 0 Å². The lowest BCUT2D eigenvalue weighted by Gasteiger charge is -2.42. The maximum Gasteiger partial charge on any atom is 0.253 e. The van der Waals surface area contributed by atoms with Gasteiger partial charge < -0.3 is 4.90 Å². The number of nitrogens with zero attached hydrogens (tertiary/aromatic N) is 5. The molecule has 1 heterocycles. The number of azide groups is 1. The van der Waals surface area contributed by atoms with Gasteiger partial charge in [-0.05, 0) is 56.4 Å². The lowest BCUT2D eigenvalue weighted by molar-refractivity contribution is 0.0496. The van der Waals surface area contributed by atoms with E-state index in [1.807, 2.05) is 11.9 Å². The Morgan fingerprint density at radius 3 is 2.50 bits per heavy atom. The molecule has 2 unspecified atom stereocenters. The second kappa shape index (κ2) is 7.69. The third kappa shape index (κ3) is 3.55. The van der Waals surface area contributed by atoms with E-state index in [1.165, 1.54) is 45.2 Å². The van der Waals surface area contributed by atoms with Crippen LogP contribution in [-0.2, 0) is 0 Å². The van der Waals surface area contributed by atoms with Crippen LogP contribution in [0.25, 0.3) is 10.4 Å². The summed E-state index contributed by atoms with van der Waals surface area (Å²) in [6, 6.07) is 7.67. The van der Waals surface area contributed by atoms with E-state index in [4.69, 9.17) is 5.53 Å². The summed E-state index contributed by atoms with van der Waals surface area (Å²) in [5.41, 5.74) is 9.65. The van der Waals surface area contributed by atoms with E-state index in [9.17, 15) is 4.79 Å². The number of hydrogen-bond acceptors (Lipinski definition) is 3. The van der Waals surface area contributed by atoms with Crippen molar-refractivity contribution in [2.75, 3.05) is 20.1 Å². The van der Waals surface area contributed by atoms with Gasteiger partial charge in [-0.3, -0.25) is 9.69 Å². The van der Waals surface area contributed by atoms with E-state index >= 15 is 0 Å². The molecule has 0 N–H and O–H groups in total. The van der Waals surface area contributed by atoms with E-state index in [1.54, 1.807) is 24.3 Å². The van der Waals surface area contributed by atoms with Crippen molar-refractivity contribution in [2.45, 2.75) is 50.6 Å². The third-order valence-corrected chi connectivity index (χ3v) is 5.40. The topological polar surface area (TPSA) is 72.3 Å². The summed E-state index contributed by atoms with van der Waals surface area (Å²) in [6.07, 6.45) is 7.30. The second-order valence-corrected chi connectivity index (χ2v) is 6.81. The molecule has 0 aromatic heterocycles. The highest BCUT2D eigenvalue weighted by Crippen LogP contribution is 2.30. The highest BCUT2D eigenvalue weighted by molar-refractivity contribution is 5.94. The Hall–Kier alpha value is -2.04. The Balaban J connectivity index is 1.73. The van der Waals surface area contributed by atoms with Gasteiger partial charge in [-0.2, -0.15) is 0 Å². The molecule has 1 aliphatic carbocycles. The number of likely N-dealkylation sites (N-methyl/N-ethyl adjacent to an activating group) is 1. The zero-order valence-electron chi connectivity index (χ0n) is 14.3.